The van der Waals surface area contributed by atoms with Crippen molar-refractivity contribution in [2.45, 2.75) is 6.04 Å². The molecule has 4 nitrogen and oxygen atoms in total. The van der Waals surface area contributed by atoms with Gasteiger partial charge in [0.15, 0.2) is 0 Å². The Kier molecular flexibility index (Phi) is 1.40. The van der Waals surface area contributed by atoms with Crippen molar-refractivity contribution < 1.29 is 9.90 Å². The summed E-state index contributed by atoms with van der Waals surface area (Å²) >= 11 is 0. The Labute approximate surface area is 52.7 Å². The maximum Gasteiger partial charge on any atom is 0.326 e. The number of hydrogen-bond donors (Lipinski definition) is 2. The average Bonchev–Trinajstić information content (AvgIpc) is 2.13. The fourth-order valence-corrected chi connectivity index (χ4v) is 0.709. The first-order valence-corrected chi connectivity index (χ1v) is 2.60. The Bertz CT molecular complexity index is 155. The fraction of sp³-hybridized carbons (Fsp3) is 0.400. The van der Waals surface area contributed by atoms with Gasteiger partial charge in [-0.3, -0.25) is 4.79 Å². The maximum atomic E-state index is 10.3. The SMILES string of the molecule is CN1NC=CC1C(=O)O. The van der Waals surface area contributed by atoms with Crippen LogP contribution in [0.15, 0.2) is 12.3 Å². The van der Waals surface area contributed by atoms with Crippen molar-refractivity contribution in [2.24, 2.45) is 0 Å². The number of hydrazine groups is 1. The molecule has 0 saturated heterocycles. The highest BCUT2D eigenvalue weighted by molar-refractivity contribution is 5.76. The van der Waals surface area contributed by atoms with Crippen LogP contribution in [0.5, 0.6) is 0 Å². The van der Waals surface area contributed by atoms with Crippen LogP contribution in [-0.2, 0) is 4.79 Å². The van der Waals surface area contributed by atoms with Crippen molar-refractivity contribution >= 4 is 5.97 Å². The number of carbonyl (C=O) groups is 1. The van der Waals surface area contributed by atoms with Crippen molar-refractivity contribution in [2.75, 3.05) is 7.05 Å². The topological polar surface area (TPSA) is 52.6 Å². The molecule has 0 aromatic rings. The van der Waals surface area contributed by atoms with Crippen LogP contribution in [0.1, 0.15) is 0 Å². The second kappa shape index (κ2) is 2.06. The number of aliphatic carboxylic acids is 1. The molecule has 50 valence electrons. The molecular weight excluding hydrogens is 120 g/mol. The minimum absolute atomic E-state index is 0.509. The Morgan fingerprint density at radius 2 is 2.56 bits per heavy atom. The van der Waals surface area contributed by atoms with Gasteiger partial charge in [-0.2, -0.15) is 0 Å². The summed E-state index contributed by atoms with van der Waals surface area (Å²) in [6.07, 6.45) is 3.20. The molecule has 9 heavy (non-hydrogen) atoms. The third-order valence-corrected chi connectivity index (χ3v) is 1.23. The van der Waals surface area contributed by atoms with E-state index < -0.39 is 12.0 Å². The van der Waals surface area contributed by atoms with Gasteiger partial charge in [-0.05, 0) is 6.08 Å². The number of carboxylic acids is 1. The molecule has 0 fully saturated rings. The summed E-state index contributed by atoms with van der Waals surface area (Å²) < 4.78 is 0. The van der Waals surface area contributed by atoms with Gasteiger partial charge >= 0.3 is 5.97 Å². The summed E-state index contributed by atoms with van der Waals surface area (Å²) in [5.41, 5.74) is 2.72. The van der Waals surface area contributed by atoms with Crippen LogP contribution >= 0.6 is 0 Å². The Balaban J connectivity index is 2.59. The molecule has 0 spiro atoms. The lowest BCUT2D eigenvalue weighted by atomic mass is 10.3. The molecule has 0 bridgehead atoms. The van der Waals surface area contributed by atoms with E-state index in [4.69, 9.17) is 5.11 Å². The second-order valence-electron chi connectivity index (χ2n) is 1.88. The summed E-state index contributed by atoms with van der Waals surface area (Å²) in [7, 11) is 1.68. The van der Waals surface area contributed by atoms with Gasteiger partial charge in [0.2, 0.25) is 0 Å². The van der Waals surface area contributed by atoms with E-state index in [1.807, 2.05) is 0 Å². The van der Waals surface area contributed by atoms with Gasteiger partial charge in [0, 0.05) is 13.2 Å². The summed E-state index contributed by atoms with van der Waals surface area (Å²) in [4.78, 5) is 10.3. The van der Waals surface area contributed by atoms with Crippen molar-refractivity contribution in [3.8, 4) is 0 Å². The second-order valence-corrected chi connectivity index (χ2v) is 1.88. The fourth-order valence-electron chi connectivity index (χ4n) is 0.709. The standard InChI is InChI=1S/C5H8N2O2/c1-7-4(5(8)9)2-3-6-7/h2-4,6H,1H3,(H,8,9). The highest BCUT2D eigenvalue weighted by atomic mass is 16.4. The predicted molar refractivity (Wildman–Crippen MR) is 31.5 cm³/mol. The minimum atomic E-state index is -0.834. The lowest BCUT2D eigenvalue weighted by Gasteiger charge is -2.13. The smallest absolute Gasteiger partial charge is 0.326 e. The lowest BCUT2D eigenvalue weighted by Crippen LogP contribution is -2.38. The van der Waals surface area contributed by atoms with E-state index in [0.29, 0.717) is 0 Å². The van der Waals surface area contributed by atoms with Gasteiger partial charge in [-0.25, -0.2) is 5.01 Å². The van der Waals surface area contributed by atoms with Gasteiger partial charge in [0.1, 0.15) is 6.04 Å². The summed E-state index contributed by atoms with van der Waals surface area (Å²) in [6.45, 7) is 0. The molecule has 1 aliphatic rings. The van der Waals surface area contributed by atoms with Crippen molar-refractivity contribution in [3.63, 3.8) is 0 Å². The molecule has 1 atom stereocenters. The first kappa shape index (κ1) is 6.10. The van der Waals surface area contributed by atoms with Gasteiger partial charge in [0.05, 0.1) is 0 Å². The van der Waals surface area contributed by atoms with E-state index in [1.165, 1.54) is 5.01 Å². The van der Waals surface area contributed by atoms with Crippen LogP contribution in [0.3, 0.4) is 0 Å². The largest absolute Gasteiger partial charge is 0.480 e. The van der Waals surface area contributed by atoms with Crippen LogP contribution < -0.4 is 5.43 Å². The number of hydrogen-bond acceptors (Lipinski definition) is 3. The van der Waals surface area contributed by atoms with Crippen LogP contribution in [0.4, 0.5) is 0 Å². The van der Waals surface area contributed by atoms with E-state index >= 15 is 0 Å². The molecule has 0 aromatic heterocycles. The number of likely N-dealkylation sites (N-methyl/N-ethyl adjacent to an activating group) is 1. The molecule has 1 rings (SSSR count). The Morgan fingerprint density at radius 3 is 2.78 bits per heavy atom. The molecule has 1 heterocycles. The molecule has 1 aliphatic heterocycles. The van der Waals surface area contributed by atoms with Gasteiger partial charge in [0.25, 0.3) is 0 Å². The molecule has 0 aliphatic carbocycles. The van der Waals surface area contributed by atoms with Gasteiger partial charge in [-0.1, -0.05) is 0 Å². The van der Waals surface area contributed by atoms with Crippen LogP contribution in [-0.4, -0.2) is 29.2 Å². The normalized spacial score (nSPS) is 26.1. The number of rotatable bonds is 1. The first-order chi connectivity index (χ1) is 4.22. The van der Waals surface area contributed by atoms with Gasteiger partial charge < -0.3 is 10.5 Å². The third kappa shape index (κ3) is 1.02. The zero-order valence-electron chi connectivity index (χ0n) is 5.03. The van der Waals surface area contributed by atoms with Crippen molar-refractivity contribution in [1.82, 2.24) is 10.4 Å². The summed E-state index contributed by atoms with van der Waals surface area (Å²) in [6, 6.07) is -0.509. The zero-order valence-corrected chi connectivity index (χ0v) is 5.03. The highest BCUT2D eigenvalue weighted by Gasteiger charge is 2.21. The molecule has 0 amide bonds. The molecular formula is C5H8N2O2. The van der Waals surface area contributed by atoms with E-state index in [-0.39, 0.29) is 0 Å². The molecule has 0 radical (unpaired) electrons. The van der Waals surface area contributed by atoms with E-state index in [9.17, 15) is 4.79 Å². The maximum absolute atomic E-state index is 10.3. The molecule has 0 aromatic carbocycles. The van der Waals surface area contributed by atoms with Crippen molar-refractivity contribution in [3.05, 3.63) is 12.3 Å². The number of carboxylic acid groups (broad SMARTS) is 1. The Hall–Kier alpha value is -1.03. The zero-order chi connectivity index (χ0) is 6.85. The third-order valence-electron chi connectivity index (χ3n) is 1.23. The van der Waals surface area contributed by atoms with Gasteiger partial charge in [-0.15, -0.1) is 0 Å². The van der Waals surface area contributed by atoms with E-state index in [0.717, 1.165) is 0 Å². The monoisotopic (exact) mass is 128 g/mol. The first-order valence-electron chi connectivity index (χ1n) is 2.60. The van der Waals surface area contributed by atoms with E-state index in [1.54, 1.807) is 19.3 Å². The van der Waals surface area contributed by atoms with E-state index in [2.05, 4.69) is 5.43 Å². The average molecular weight is 128 g/mol. The quantitative estimate of drug-likeness (QED) is 0.495. The summed E-state index contributed by atoms with van der Waals surface area (Å²) in [5.74, 6) is -0.834. The van der Waals surface area contributed by atoms with Crippen LogP contribution in [0.25, 0.3) is 0 Å². The minimum Gasteiger partial charge on any atom is -0.480 e. The predicted octanol–water partition coefficient (Wildman–Crippen LogP) is -0.597. The lowest BCUT2D eigenvalue weighted by molar-refractivity contribution is -0.141. The van der Waals surface area contributed by atoms with Crippen LogP contribution in [0, 0.1) is 0 Å². The Morgan fingerprint density at radius 1 is 1.89 bits per heavy atom. The summed E-state index contributed by atoms with van der Waals surface area (Å²) in [5, 5.41) is 9.97. The van der Waals surface area contributed by atoms with Crippen molar-refractivity contribution in [1.29, 1.82) is 0 Å². The number of nitrogens with one attached hydrogen (secondary N) is 1. The number of nitrogens with zero attached hydrogens (tertiary/aromatic N) is 1. The molecule has 0 saturated carbocycles. The molecule has 2 N–H and O–H groups in total. The molecule has 1 unspecified atom stereocenters. The van der Waals surface area contributed by atoms with Crippen LogP contribution in [0.2, 0.25) is 0 Å². The molecule has 4 heteroatoms. The highest BCUT2D eigenvalue weighted by Crippen LogP contribution is 2.00.